The summed E-state index contributed by atoms with van der Waals surface area (Å²) in [6.45, 7) is 18.2. The van der Waals surface area contributed by atoms with Crippen LogP contribution in [0, 0.1) is 23.7 Å². The van der Waals surface area contributed by atoms with Crippen LogP contribution in [0.25, 0.3) is 17.0 Å². The van der Waals surface area contributed by atoms with E-state index in [0.717, 1.165) is 22.9 Å². The van der Waals surface area contributed by atoms with Gasteiger partial charge in [0.05, 0.1) is 36.0 Å². The highest BCUT2D eigenvalue weighted by Crippen LogP contribution is 2.39. The van der Waals surface area contributed by atoms with E-state index < -0.39 is 59.6 Å². The first kappa shape index (κ1) is 42.7. The summed E-state index contributed by atoms with van der Waals surface area (Å²) in [7, 11) is 4.13. The number of para-hydroxylation sites is 1. The van der Waals surface area contributed by atoms with Crippen molar-refractivity contribution < 1.29 is 38.1 Å². The van der Waals surface area contributed by atoms with Crippen molar-refractivity contribution in [2.24, 2.45) is 23.7 Å². The van der Waals surface area contributed by atoms with Crippen LogP contribution in [-0.2, 0) is 33.3 Å². The first-order chi connectivity index (χ1) is 26.0. The monoisotopic (exact) mass is 764 g/mol. The molecule has 1 amide bonds. The second-order valence-electron chi connectivity index (χ2n) is 16.9. The smallest absolute Gasteiger partial charge is 0.408 e. The summed E-state index contributed by atoms with van der Waals surface area (Å²) in [5, 5.41) is 7.62. The van der Waals surface area contributed by atoms with Crippen molar-refractivity contribution in [1.82, 2.24) is 20.5 Å². The Hall–Kier alpha value is -3.42. The second-order valence-corrected chi connectivity index (χ2v) is 16.9. The van der Waals surface area contributed by atoms with Gasteiger partial charge in [0.25, 0.3) is 0 Å². The van der Waals surface area contributed by atoms with Crippen LogP contribution < -0.4 is 10.6 Å². The van der Waals surface area contributed by atoms with Crippen molar-refractivity contribution in [1.29, 1.82) is 0 Å². The topological polar surface area (TPSA) is 138 Å². The Labute approximate surface area is 327 Å². The molecule has 3 saturated heterocycles. The molecule has 12 nitrogen and oxygen atoms in total. The minimum Gasteiger partial charge on any atom is -0.458 e. The molecule has 3 aliphatic rings. The van der Waals surface area contributed by atoms with Gasteiger partial charge in [-0.25, -0.2) is 4.79 Å². The van der Waals surface area contributed by atoms with Gasteiger partial charge in [0, 0.05) is 35.5 Å². The molecule has 0 bridgehead atoms. The maximum atomic E-state index is 14.5. The average Bonchev–Trinajstić information content (AvgIpc) is 3.47. The molecule has 2 N–H and O–H groups in total. The first-order valence-corrected chi connectivity index (χ1v) is 20.1. The predicted molar refractivity (Wildman–Crippen MR) is 212 cm³/mol. The lowest BCUT2D eigenvalue weighted by atomic mass is 9.78. The number of hydrogen-bond acceptors (Lipinski definition) is 11. The number of alkyl carbamates (subject to hydrolysis) is 1. The maximum absolute atomic E-state index is 14.5. The molecule has 304 valence electrons. The van der Waals surface area contributed by atoms with Crippen LogP contribution in [0.2, 0.25) is 0 Å². The molecular formula is C43H64N4O8. The third kappa shape index (κ3) is 9.59. The van der Waals surface area contributed by atoms with E-state index in [0.29, 0.717) is 19.4 Å². The standard InChI is InChI=1S/C43H64N4O8/c1-12-35-43(9)37(46-41(50)55-43)30(7)44-23-25(2)22-42(8,51-19-15-16-31-21-32-17-13-14-18-33(32)45-24-31)38(28(5)36(48)29(6)39(49)53-35)54-40-27(4)34(47(10)11)20-26(3)52-40/h13-18,21,24-30,34-35,37-38,40,44H,12,19-20,22-23H2,1-11H3,(H,46,50)/b16-15+/t25-,26?,27?,28-,29?,30-,34?,35-,37-,38?,40+,42-,43-/m1/s1. The fourth-order valence-corrected chi connectivity index (χ4v) is 9.00. The fourth-order valence-electron chi connectivity index (χ4n) is 9.00. The number of carbonyl (C=O) groups is 3. The lowest BCUT2D eigenvalue weighted by molar-refractivity contribution is -0.282. The largest absolute Gasteiger partial charge is 0.458 e. The van der Waals surface area contributed by atoms with E-state index in [1.54, 1.807) is 13.8 Å². The van der Waals surface area contributed by atoms with E-state index in [2.05, 4.69) is 54.5 Å². The van der Waals surface area contributed by atoms with E-state index in [4.69, 9.17) is 23.7 Å². The van der Waals surface area contributed by atoms with Crippen LogP contribution in [0.3, 0.4) is 0 Å². The highest BCUT2D eigenvalue weighted by molar-refractivity contribution is 6.00. The average molecular weight is 765 g/mol. The van der Waals surface area contributed by atoms with Gasteiger partial charge in [-0.15, -0.1) is 0 Å². The number of aromatic nitrogens is 1. The van der Waals surface area contributed by atoms with E-state index >= 15 is 0 Å². The van der Waals surface area contributed by atoms with Crippen LogP contribution in [0.1, 0.15) is 87.1 Å². The molecule has 0 saturated carbocycles. The van der Waals surface area contributed by atoms with Gasteiger partial charge in [-0.3, -0.25) is 14.6 Å². The Kier molecular flexibility index (Phi) is 13.8. The quantitative estimate of drug-likeness (QED) is 0.236. The normalized spacial score (nSPS) is 38.3. The number of ketones is 1. The van der Waals surface area contributed by atoms with Crippen LogP contribution in [0.5, 0.6) is 0 Å². The molecule has 55 heavy (non-hydrogen) atoms. The van der Waals surface area contributed by atoms with Crippen molar-refractivity contribution in [3.63, 3.8) is 0 Å². The number of esters is 1. The van der Waals surface area contributed by atoms with E-state index in [-0.39, 0.29) is 42.4 Å². The zero-order chi connectivity index (χ0) is 40.2. The molecule has 13 atom stereocenters. The van der Waals surface area contributed by atoms with Crippen LogP contribution in [0.4, 0.5) is 4.79 Å². The SMILES string of the molecule is CC[C@H]1OC(=O)C(C)C(=O)[C@@H](C)C(O[C@@H]2OC(C)CC(N(C)C)C2C)[C@](C)(OC/C=C/c2cnc3ccccc3c2)C[C@@H](C)CN[C@H](C)[C@H]2NC(=O)O[C@@]21C. The lowest BCUT2D eigenvalue weighted by Crippen LogP contribution is -2.60. The molecule has 1 aromatic carbocycles. The van der Waals surface area contributed by atoms with Crippen LogP contribution in [0.15, 0.2) is 42.6 Å². The molecule has 3 fully saturated rings. The third-order valence-electron chi connectivity index (χ3n) is 12.2. The number of pyridine rings is 1. The third-order valence-corrected chi connectivity index (χ3v) is 12.2. The van der Waals surface area contributed by atoms with Crippen LogP contribution in [-0.4, -0.2) is 109 Å². The number of nitrogens with one attached hydrogen (secondary N) is 2. The molecule has 2 aromatic rings. The second kappa shape index (κ2) is 17.8. The Morgan fingerprint density at radius 2 is 1.78 bits per heavy atom. The molecule has 3 aliphatic heterocycles. The Morgan fingerprint density at radius 3 is 2.49 bits per heavy atom. The number of nitrogens with zero attached hydrogens (tertiary/aromatic N) is 2. The van der Waals surface area contributed by atoms with Crippen molar-refractivity contribution in [3.8, 4) is 0 Å². The number of hydrogen-bond donors (Lipinski definition) is 2. The molecule has 5 unspecified atom stereocenters. The Morgan fingerprint density at radius 1 is 1.05 bits per heavy atom. The van der Waals surface area contributed by atoms with Gasteiger partial charge < -0.3 is 39.2 Å². The number of carbonyl (C=O) groups excluding carboxylic acids is 3. The summed E-state index contributed by atoms with van der Waals surface area (Å²) < 4.78 is 32.4. The number of ether oxygens (including phenoxy) is 5. The van der Waals surface area contributed by atoms with Gasteiger partial charge in [-0.2, -0.15) is 0 Å². The number of fused-ring (bicyclic) bond motifs is 2. The summed E-state index contributed by atoms with van der Waals surface area (Å²) in [4.78, 5) is 47.9. The van der Waals surface area contributed by atoms with Crippen molar-refractivity contribution in [3.05, 3.63) is 48.2 Å². The van der Waals surface area contributed by atoms with Gasteiger partial charge >= 0.3 is 12.1 Å². The number of amides is 1. The molecule has 4 heterocycles. The highest BCUT2D eigenvalue weighted by atomic mass is 16.7. The Bertz CT molecular complexity index is 1690. The molecule has 0 radical (unpaired) electrons. The molecule has 5 rings (SSSR count). The van der Waals surface area contributed by atoms with Gasteiger partial charge in [0.15, 0.2) is 17.7 Å². The summed E-state index contributed by atoms with van der Waals surface area (Å²) in [5.41, 5.74) is -0.304. The summed E-state index contributed by atoms with van der Waals surface area (Å²) >= 11 is 0. The van der Waals surface area contributed by atoms with Gasteiger partial charge in [-0.05, 0) is 98.1 Å². The molecule has 0 aliphatic carbocycles. The van der Waals surface area contributed by atoms with E-state index in [1.807, 2.05) is 77.2 Å². The molecule has 12 heteroatoms. The van der Waals surface area contributed by atoms with Crippen molar-refractivity contribution in [2.45, 2.75) is 136 Å². The van der Waals surface area contributed by atoms with E-state index in [9.17, 15) is 14.4 Å². The molecule has 1 aromatic heterocycles. The summed E-state index contributed by atoms with van der Waals surface area (Å²) in [5.74, 6) is -2.89. The summed E-state index contributed by atoms with van der Waals surface area (Å²) in [6, 6.07) is 9.53. The molecule has 0 spiro atoms. The van der Waals surface area contributed by atoms with Gasteiger partial charge in [0.2, 0.25) is 0 Å². The van der Waals surface area contributed by atoms with Crippen LogP contribution >= 0.6 is 0 Å². The van der Waals surface area contributed by atoms with Crippen molar-refractivity contribution in [2.75, 3.05) is 27.2 Å². The minimum absolute atomic E-state index is 0.0161. The summed E-state index contributed by atoms with van der Waals surface area (Å²) in [6.07, 6.45) is 4.68. The fraction of sp³-hybridized carbons (Fsp3) is 0.674. The predicted octanol–water partition coefficient (Wildman–Crippen LogP) is 6.16. The molecular weight excluding hydrogens is 700 g/mol. The van der Waals surface area contributed by atoms with Crippen molar-refractivity contribution >= 4 is 34.8 Å². The zero-order valence-corrected chi connectivity index (χ0v) is 34.7. The minimum atomic E-state index is -1.16. The lowest BCUT2D eigenvalue weighted by Gasteiger charge is -2.47. The van der Waals surface area contributed by atoms with Gasteiger partial charge in [-0.1, -0.05) is 58.0 Å². The number of Topliss-reactive ketones (excluding diaryl/α,β-unsaturated/α-hetero) is 1. The number of benzene rings is 1. The highest BCUT2D eigenvalue weighted by Gasteiger charge is 2.55. The number of cyclic esters (lactones) is 1. The van der Waals surface area contributed by atoms with Gasteiger partial charge in [0.1, 0.15) is 12.0 Å². The number of rotatable bonds is 8. The zero-order valence-electron chi connectivity index (χ0n) is 34.7. The maximum Gasteiger partial charge on any atom is 0.408 e. The first-order valence-electron chi connectivity index (χ1n) is 20.1. The van der Waals surface area contributed by atoms with E-state index in [1.165, 1.54) is 0 Å². The Balaban J connectivity index is 1.51.